The van der Waals surface area contributed by atoms with E-state index in [0.29, 0.717) is 17.1 Å². The Morgan fingerprint density at radius 1 is 1.04 bits per heavy atom. The van der Waals surface area contributed by atoms with E-state index in [2.05, 4.69) is 5.32 Å². The molecule has 0 radical (unpaired) electrons. The smallest absolute Gasteiger partial charge is 0.229 e. The molecule has 0 aliphatic heterocycles. The molecule has 1 amide bonds. The zero-order valence-corrected chi connectivity index (χ0v) is 15.5. The van der Waals surface area contributed by atoms with Crippen LogP contribution in [-0.2, 0) is 16.0 Å². The summed E-state index contributed by atoms with van der Waals surface area (Å²) in [4.78, 5) is 25.2. The summed E-state index contributed by atoms with van der Waals surface area (Å²) in [6.45, 7) is 5.55. The Morgan fingerprint density at radius 2 is 1.67 bits per heavy atom. The summed E-state index contributed by atoms with van der Waals surface area (Å²) in [5.74, 6) is -0.0827. The molecule has 0 spiro atoms. The number of para-hydroxylation sites is 1. The van der Waals surface area contributed by atoms with Crippen molar-refractivity contribution in [3.63, 3.8) is 0 Å². The van der Waals surface area contributed by atoms with Crippen molar-refractivity contribution < 1.29 is 9.59 Å². The molecule has 0 atom stereocenters. The highest BCUT2D eigenvalue weighted by atomic mass is 35.5. The van der Waals surface area contributed by atoms with Crippen LogP contribution in [0.1, 0.15) is 26.3 Å². The highest BCUT2D eigenvalue weighted by Gasteiger charge is 2.22. The number of anilines is 1. The number of benzene rings is 2. The first-order chi connectivity index (χ1) is 11.3. The fraction of sp³-hybridized carbons (Fsp3) is 0.263. The molecule has 0 aromatic heterocycles. The summed E-state index contributed by atoms with van der Waals surface area (Å²) in [5, 5.41) is 3.55. The van der Waals surface area contributed by atoms with E-state index in [1.165, 1.54) is 0 Å². The van der Waals surface area contributed by atoms with Gasteiger partial charge in [0.05, 0.1) is 5.69 Å². The Labute approximate surface area is 151 Å². The van der Waals surface area contributed by atoms with Crippen LogP contribution in [0, 0.1) is 5.41 Å². The third kappa shape index (κ3) is 5.39. The van der Waals surface area contributed by atoms with Gasteiger partial charge in [-0.3, -0.25) is 9.59 Å². The second-order valence-electron chi connectivity index (χ2n) is 6.48. The minimum atomic E-state index is -0.495. The van der Waals surface area contributed by atoms with Crippen molar-refractivity contribution in [3.8, 4) is 0 Å². The topological polar surface area (TPSA) is 46.2 Å². The number of halogens is 1. The largest absolute Gasteiger partial charge is 0.325 e. The number of rotatable bonds is 4. The second-order valence-corrected chi connectivity index (χ2v) is 8.01. The van der Waals surface area contributed by atoms with Crippen LogP contribution in [0.3, 0.4) is 0 Å². The molecule has 0 saturated heterocycles. The van der Waals surface area contributed by atoms with E-state index >= 15 is 0 Å². The molecular formula is C19H20ClNO2S. The standard InChI is InChI=1S/C19H20ClNO2S/c1-19(2,3)18(23)21-15-6-4-5-7-16(15)24-17(22)12-13-8-10-14(20)11-9-13/h4-11H,12H2,1-3H3,(H,21,23). The van der Waals surface area contributed by atoms with Crippen molar-refractivity contribution in [3.05, 3.63) is 59.1 Å². The van der Waals surface area contributed by atoms with Gasteiger partial charge in [0.2, 0.25) is 5.91 Å². The normalized spacial score (nSPS) is 11.2. The van der Waals surface area contributed by atoms with Crippen molar-refractivity contribution in [2.45, 2.75) is 32.1 Å². The van der Waals surface area contributed by atoms with Gasteiger partial charge in [0.25, 0.3) is 0 Å². The summed E-state index contributed by atoms with van der Waals surface area (Å²) < 4.78 is 0. The van der Waals surface area contributed by atoms with Crippen LogP contribution in [-0.4, -0.2) is 11.0 Å². The lowest BCUT2D eigenvalue weighted by Crippen LogP contribution is -2.27. The van der Waals surface area contributed by atoms with Crippen LogP contribution < -0.4 is 5.32 Å². The molecular weight excluding hydrogens is 342 g/mol. The molecule has 2 rings (SSSR count). The van der Waals surface area contributed by atoms with Crippen molar-refractivity contribution >= 4 is 40.1 Å². The molecule has 0 unspecified atom stereocenters. The lowest BCUT2D eigenvalue weighted by molar-refractivity contribution is -0.123. The molecule has 0 bridgehead atoms. The number of carbonyl (C=O) groups excluding carboxylic acids is 2. The van der Waals surface area contributed by atoms with Crippen molar-refractivity contribution in [1.82, 2.24) is 0 Å². The first-order valence-corrected chi connectivity index (χ1v) is 8.81. The van der Waals surface area contributed by atoms with Gasteiger partial charge in [-0.1, -0.05) is 56.6 Å². The van der Waals surface area contributed by atoms with Crippen molar-refractivity contribution in [1.29, 1.82) is 0 Å². The van der Waals surface area contributed by atoms with Crippen LogP contribution in [0.25, 0.3) is 0 Å². The van der Waals surface area contributed by atoms with E-state index in [-0.39, 0.29) is 11.0 Å². The minimum absolute atomic E-state index is 0.00906. The van der Waals surface area contributed by atoms with Gasteiger partial charge in [0.15, 0.2) is 5.12 Å². The van der Waals surface area contributed by atoms with Crippen LogP contribution in [0.2, 0.25) is 5.02 Å². The van der Waals surface area contributed by atoms with E-state index in [0.717, 1.165) is 22.2 Å². The van der Waals surface area contributed by atoms with Gasteiger partial charge in [0.1, 0.15) is 0 Å². The first kappa shape index (κ1) is 18.6. The van der Waals surface area contributed by atoms with Crippen LogP contribution in [0.15, 0.2) is 53.4 Å². The number of hydrogen-bond acceptors (Lipinski definition) is 3. The number of hydrogen-bond donors (Lipinski definition) is 1. The number of carbonyl (C=O) groups is 2. The van der Waals surface area contributed by atoms with Gasteiger partial charge >= 0.3 is 0 Å². The summed E-state index contributed by atoms with van der Waals surface area (Å²) in [6, 6.07) is 14.6. The fourth-order valence-corrected chi connectivity index (χ4v) is 2.88. The van der Waals surface area contributed by atoms with Crippen LogP contribution >= 0.6 is 23.4 Å². The molecule has 0 aliphatic rings. The van der Waals surface area contributed by atoms with Crippen molar-refractivity contribution in [2.24, 2.45) is 5.41 Å². The molecule has 0 saturated carbocycles. The molecule has 3 nitrogen and oxygen atoms in total. The average Bonchev–Trinajstić information content (AvgIpc) is 2.50. The second kappa shape index (κ2) is 7.86. The van der Waals surface area contributed by atoms with Gasteiger partial charge < -0.3 is 5.32 Å². The Kier molecular flexibility index (Phi) is 6.08. The Hall–Kier alpha value is -1.78. The fourth-order valence-electron chi connectivity index (χ4n) is 1.90. The summed E-state index contributed by atoms with van der Waals surface area (Å²) in [7, 11) is 0. The van der Waals surface area contributed by atoms with Gasteiger partial charge in [-0.2, -0.15) is 0 Å². The monoisotopic (exact) mass is 361 g/mol. The van der Waals surface area contributed by atoms with E-state index < -0.39 is 5.41 Å². The molecule has 2 aromatic rings. The molecule has 1 N–H and O–H groups in total. The third-order valence-electron chi connectivity index (χ3n) is 3.30. The lowest BCUT2D eigenvalue weighted by Gasteiger charge is -2.19. The zero-order valence-electron chi connectivity index (χ0n) is 13.9. The Balaban J connectivity index is 2.08. The summed E-state index contributed by atoms with van der Waals surface area (Å²) in [6.07, 6.45) is 0.309. The minimum Gasteiger partial charge on any atom is -0.325 e. The van der Waals surface area contributed by atoms with E-state index in [1.54, 1.807) is 12.1 Å². The number of thioether (sulfide) groups is 1. The van der Waals surface area contributed by atoms with Gasteiger partial charge in [-0.25, -0.2) is 0 Å². The quantitative estimate of drug-likeness (QED) is 0.762. The number of nitrogens with one attached hydrogen (secondary N) is 1. The summed E-state index contributed by atoms with van der Waals surface area (Å²) >= 11 is 6.99. The maximum Gasteiger partial charge on any atom is 0.229 e. The molecule has 5 heteroatoms. The van der Waals surface area contributed by atoms with Crippen molar-refractivity contribution in [2.75, 3.05) is 5.32 Å². The average molecular weight is 362 g/mol. The first-order valence-electron chi connectivity index (χ1n) is 7.61. The van der Waals surface area contributed by atoms with Gasteiger partial charge in [0, 0.05) is 21.8 Å². The van der Waals surface area contributed by atoms with Gasteiger partial charge in [-0.15, -0.1) is 0 Å². The molecule has 0 heterocycles. The Morgan fingerprint density at radius 3 is 2.29 bits per heavy atom. The van der Waals surface area contributed by atoms with E-state index in [9.17, 15) is 9.59 Å². The maximum absolute atomic E-state index is 12.3. The molecule has 0 fully saturated rings. The SMILES string of the molecule is CC(C)(C)C(=O)Nc1ccccc1SC(=O)Cc1ccc(Cl)cc1. The summed E-state index contributed by atoms with van der Waals surface area (Å²) in [5.41, 5.74) is 1.07. The maximum atomic E-state index is 12.3. The van der Waals surface area contributed by atoms with E-state index in [4.69, 9.17) is 11.6 Å². The predicted molar refractivity (Wildman–Crippen MR) is 101 cm³/mol. The highest BCUT2D eigenvalue weighted by molar-refractivity contribution is 8.13. The van der Waals surface area contributed by atoms with E-state index in [1.807, 2.05) is 57.2 Å². The Bertz CT molecular complexity index is 736. The molecule has 24 heavy (non-hydrogen) atoms. The zero-order chi connectivity index (χ0) is 17.7. The molecule has 0 aliphatic carbocycles. The predicted octanol–water partition coefficient (Wildman–Crippen LogP) is 5.19. The highest BCUT2D eigenvalue weighted by Crippen LogP contribution is 2.30. The van der Waals surface area contributed by atoms with Crippen LogP contribution in [0.4, 0.5) is 5.69 Å². The lowest BCUT2D eigenvalue weighted by atomic mass is 9.95. The third-order valence-corrected chi connectivity index (χ3v) is 4.50. The van der Waals surface area contributed by atoms with Gasteiger partial charge in [-0.05, 0) is 41.6 Å². The van der Waals surface area contributed by atoms with Crippen LogP contribution in [0.5, 0.6) is 0 Å². The number of amides is 1. The molecule has 2 aromatic carbocycles. The molecule has 126 valence electrons.